The van der Waals surface area contributed by atoms with Crippen molar-refractivity contribution in [2.24, 2.45) is 0 Å². The molecule has 2 aromatic carbocycles. The van der Waals surface area contributed by atoms with E-state index in [0.717, 1.165) is 44.5 Å². The largest absolute Gasteiger partial charge is 0.506 e. The number of carbonyl (C=O) groups excluding carboxylic acids is 1. The lowest BCUT2D eigenvalue weighted by Gasteiger charge is -2.29. The average molecular weight is 394 g/mol. The van der Waals surface area contributed by atoms with Crippen LogP contribution < -0.4 is 0 Å². The van der Waals surface area contributed by atoms with Crippen LogP contribution in [-0.4, -0.2) is 42.2 Å². The second-order valence-electron chi connectivity index (χ2n) is 8.18. The van der Waals surface area contributed by atoms with Crippen LogP contribution in [0.1, 0.15) is 44.5 Å². The SMILES string of the molecule is Cc1cc(C)c(/C(O)=C(/C(=O)N2CCOCC2)c2c(C)cc(C)cc2C)c(C)c1. The van der Waals surface area contributed by atoms with Crippen LogP contribution in [0.2, 0.25) is 0 Å². The van der Waals surface area contributed by atoms with Crippen LogP contribution in [0, 0.1) is 41.5 Å². The van der Waals surface area contributed by atoms with Crippen LogP contribution in [0.5, 0.6) is 0 Å². The fourth-order valence-electron chi connectivity index (χ4n) is 4.50. The van der Waals surface area contributed by atoms with Gasteiger partial charge in [0.15, 0.2) is 0 Å². The number of aliphatic hydroxyl groups excluding tert-OH is 1. The van der Waals surface area contributed by atoms with Crippen molar-refractivity contribution in [1.29, 1.82) is 0 Å². The van der Waals surface area contributed by atoms with Gasteiger partial charge in [0.25, 0.3) is 5.91 Å². The highest BCUT2D eigenvalue weighted by molar-refractivity contribution is 6.26. The molecule has 1 fully saturated rings. The molecule has 1 aliphatic heterocycles. The molecular formula is C25H31NO3. The van der Waals surface area contributed by atoms with Crippen LogP contribution >= 0.6 is 0 Å². The van der Waals surface area contributed by atoms with Gasteiger partial charge in [-0.1, -0.05) is 35.4 Å². The molecule has 0 bridgehead atoms. The Morgan fingerprint density at radius 1 is 0.793 bits per heavy atom. The van der Waals surface area contributed by atoms with E-state index in [4.69, 9.17) is 4.74 Å². The molecule has 0 spiro atoms. The van der Waals surface area contributed by atoms with E-state index < -0.39 is 0 Å². The molecule has 29 heavy (non-hydrogen) atoms. The summed E-state index contributed by atoms with van der Waals surface area (Å²) in [5.74, 6) is -0.0771. The third kappa shape index (κ3) is 4.23. The summed E-state index contributed by atoms with van der Waals surface area (Å²) in [5, 5.41) is 11.5. The molecule has 0 atom stereocenters. The van der Waals surface area contributed by atoms with Gasteiger partial charge in [0.1, 0.15) is 5.76 Å². The van der Waals surface area contributed by atoms with Gasteiger partial charge in [-0.2, -0.15) is 0 Å². The quantitative estimate of drug-likeness (QED) is 0.462. The van der Waals surface area contributed by atoms with Gasteiger partial charge in [-0.25, -0.2) is 0 Å². The summed E-state index contributed by atoms with van der Waals surface area (Å²) >= 11 is 0. The highest BCUT2D eigenvalue weighted by Gasteiger charge is 2.29. The van der Waals surface area contributed by atoms with Crippen LogP contribution in [-0.2, 0) is 9.53 Å². The topological polar surface area (TPSA) is 49.8 Å². The van der Waals surface area contributed by atoms with E-state index in [0.29, 0.717) is 31.9 Å². The fourth-order valence-corrected chi connectivity index (χ4v) is 4.50. The number of morpholine rings is 1. The van der Waals surface area contributed by atoms with E-state index in [-0.39, 0.29) is 11.7 Å². The second kappa shape index (κ2) is 8.42. The minimum Gasteiger partial charge on any atom is -0.506 e. The number of aliphatic hydroxyl groups is 1. The van der Waals surface area contributed by atoms with E-state index in [9.17, 15) is 9.90 Å². The van der Waals surface area contributed by atoms with E-state index in [2.05, 4.69) is 12.1 Å². The lowest BCUT2D eigenvalue weighted by molar-refractivity contribution is -0.128. The van der Waals surface area contributed by atoms with Crippen molar-refractivity contribution in [2.45, 2.75) is 41.5 Å². The molecule has 1 heterocycles. The van der Waals surface area contributed by atoms with Crippen molar-refractivity contribution >= 4 is 17.2 Å². The molecule has 2 aromatic rings. The van der Waals surface area contributed by atoms with Crippen LogP contribution in [0.15, 0.2) is 24.3 Å². The van der Waals surface area contributed by atoms with Crippen LogP contribution in [0.25, 0.3) is 11.3 Å². The van der Waals surface area contributed by atoms with Crippen molar-refractivity contribution in [3.8, 4) is 0 Å². The fraction of sp³-hybridized carbons (Fsp3) is 0.400. The maximum Gasteiger partial charge on any atom is 0.258 e. The van der Waals surface area contributed by atoms with Gasteiger partial charge in [-0.3, -0.25) is 4.79 Å². The molecule has 0 saturated carbocycles. The van der Waals surface area contributed by atoms with Crippen molar-refractivity contribution < 1.29 is 14.6 Å². The molecule has 0 unspecified atom stereocenters. The van der Waals surface area contributed by atoms with Gasteiger partial charge < -0.3 is 14.7 Å². The summed E-state index contributed by atoms with van der Waals surface area (Å²) in [6.07, 6.45) is 0. The lowest BCUT2D eigenvalue weighted by Crippen LogP contribution is -2.41. The van der Waals surface area contributed by atoms with E-state index in [1.807, 2.05) is 53.7 Å². The molecule has 0 radical (unpaired) electrons. The van der Waals surface area contributed by atoms with Gasteiger partial charge in [-0.05, 0) is 69.4 Å². The number of carbonyl (C=O) groups is 1. The Labute approximate surface area is 173 Å². The van der Waals surface area contributed by atoms with Gasteiger partial charge in [0, 0.05) is 18.7 Å². The van der Waals surface area contributed by atoms with Gasteiger partial charge >= 0.3 is 0 Å². The number of amides is 1. The Morgan fingerprint density at radius 3 is 1.66 bits per heavy atom. The zero-order valence-electron chi connectivity index (χ0n) is 18.3. The summed E-state index contributed by atoms with van der Waals surface area (Å²) in [4.78, 5) is 15.4. The number of hydrogen-bond acceptors (Lipinski definition) is 3. The Bertz CT molecular complexity index is 936. The molecule has 0 aromatic heterocycles. The third-order valence-corrected chi connectivity index (χ3v) is 5.59. The Balaban J connectivity index is 2.29. The first kappa shape index (κ1) is 21.1. The molecular weight excluding hydrogens is 362 g/mol. The smallest absolute Gasteiger partial charge is 0.258 e. The Kier molecular flexibility index (Phi) is 6.13. The summed E-state index contributed by atoms with van der Waals surface area (Å²) in [6.45, 7) is 14.2. The van der Waals surface area contributed by atoms with Crippen molar-refractivity contribution in [1.82, 2.24) is 4.90 Å². The van der Waals surface area contributed by atoms with Gasteiger partial charge in [0.05, 0.1) is 18.8 Å². The number of hydrogen-bond donors (Lipinski definition) is 1. The minimum atomic E-state index is -0.139. The third-order valence-electron chi connectivity index (χ3n) is 5.59. The van der Waals surface area contributed by atoms with E-state index >= 15 is 0 Å². The summed E-state index contributed by atoms with van der Waals surface area (Å²) in [6, 6.07) is 8.22. The zero-order chi connectivity index (χ0) is 21.3. The monoisotopic (exact) mass is 393 g/mol. The number of aryl methyl sites for hydroxylation is 6. The second-order valence-corrected chi connectivity index (χ2v) is 8.18. The molecule has 1 N–H and O–H groups in total. The lowest BCUT2D eigenvalue weighted by atomic mass is 9.88. The van der Waals surface area contributed by atoms with E-state index in [1.54, 1.807) is 4.90 Å². The number of rotatable bonds is 3. The predicted octanol–water partition coefficient (Wildman–Crippen LogP) is 4.82. The Morgan fingerprint density at radius 2 is 1.21 bits per heavy atom. The highest BCUT2D eigenvalue weighted by atomic mass is 16.5. The minimum absolute atomic E-state index is 0.0616. The maximum absolute atomic E-state index is 13.6. The standard InChI is InChI=1S/C25H31NO3/c1-15-11-17(3)21(18(4)12-15)23(25(28)26-7-9-29-10-8-26)24(27)22-19(5)13-16(2)14-20(22)6/h11-14,27H,7-10H2,1-6H3/b24-23-. The molecule has 1 amide bonds. The van der Waals surface area contributed by atoms with Gasteiger partial charge in [-0.15, -0.1) is 0 Å². The summed E-state index contributed by atoms with van der Waals surface area (Å²) in [5.41, 5.74) is 8.16. The highest BCUT2D eigenvalue weighted by Crippen LogP contribution is 2.34. The molecule has 1 aliphatic rings. The van der Waals surface area contributed by atoms with Crippen LogP contribution in [0.3, 0.4) is 0 Å². The van der Waals surface area contributed by atoms with Crippen LogP contribution in [0.4, 0.5) is 0 Å². The van der Waals surface area contributed by atoms with Crippen molar-refractivity contribution in [3.63, 3.8) is 0 Å². The molecule has 154 valence electrons. The normalized spacial score (nSPS) is 15.3. The maximum atomic E-state index is 13.6. The summed E-state index contributed by atoms with van der Waals surface area (Å²) in [7, 11) is 0. The average Bonchev–Trinajstić information content (AvgIpc) is 2.63. The Hall–Kier alpha value is -2.59. The molecule has 1 saturated heterocycles. The molecule has 4 nitrogen and oxygen atoms in total. The van der Waals surface area contributed by atoms with Crippen molar-refractivity contribution in [2.75, 3.05) is 26.3 Å². The number of benzene rings is 2. The van der Waals surface area contributed by atoms with E-state index in [1.165, 1.54) is 0 Å². The first-order chi connectivity index (χ1) is 13.7. The first-order valence-corrected chi connectivity index (χ1v) is 10.2. The molecule has 4 heteroatoms. The number of nitrogens with zero attached hydrogens (tertiary/aromatic N) is 1. The summed E-state index contributed by atoms with van der Waals surface area (Å²) < 4.78 is 5.42. The predicted molar refractivity (Wildman–Crippen MR) is 118 cm³/mol. The van der Waals surface area contributed by atoms with Crippen molar-refractivity contribution in [3.05, 3.63) is 68.8 Å². The zero-order valence-corrected chi connectivity index (χ0v) is 18.3. The van der Waals surface area contributed by atoms with Gasteiger partial charge in [0.2, 0.25) is 0 Å². The molecule has 3 rings (SSSR count). The first-order valence-electron chi connectivity index (χ1n) is 10.2. The number of ether oxygens (including phenoxy) is 1. The molecule has 0 aliphatic carbocycles.